The van der Waals surface area contributed by atoms with Gasteiger partial charge in [-0.25, -0.2) is 0 Å². The third-order valence-electron chi connectivity index (χ3n) is 9.54. The number of allylic oxidation sites excluding steroid dienone is 3. The molecule has 4 N–H and O–H groups in total. The Kier molecular flexibility index (Phi) is 36.7. The lowest BCUT2D eigenvalue weighted by molar-refractivity contribution is -0.131. The normalized spacial score (nSPS) is 13.9. The molecule has 0 bridgehead atoms. The van der Waals surface area contributed by atoms with Gasteiger partial charge in [-0.2, -0.15) is 0 Å². The van der Waals surface area contributed by atoms with Crippen LogP contribution in [-0.2, 0) is 4.79 Å². The summed E-state index contributed by atoms with van der Waals surface area (Å²) in [6.07, 6.45) is 45.0. The summed E-state index contributed by atoms with van der Waals surface area (Å²) < 4.78 is 0. The van der Waals surface area contributed by atoms with E-state index < -0.39 is 24.2 Å². The second-order valence-corrected chi connectivity index (χ2v) is 14.2. The molecule has 0 aromatic rings. The number of amides is 1. The zero-order valence-electron chi connectivity index (χ0n) is 31.4. The number of aliphatic hydroxyl groups is 3. The number of nitrogens with one attached hydrogen (secondary N) is 1. The van der Waals surface area contributed by atoms with Crippen LogP contribution in [0, 0.1) is 0 Å². The van der Waals surface area contributed by atoms with Crippen LogP contribution in [0.15, 0.2) is 24.3 Å². The van der Waals surface area contributed by atoms with E-state index in [0.29, 0.717) is 6.42 Å². The SMILES string of the molecule is CCCCCCCCCCCCCCCCCC/C=C/CC/C=C/C(O)C(CO)NC(=O)C(O)CCCCCCCCCCCCC. The summed E-state index contributed by atoms with van der Waals surface area (Å²) in [5.74, 6) is -0.513. The number of unbranched alkanes of at least 4 members (excludes halogenated alkanes) is 27. The summed E-state index contributed by atoms with van der Waals surface area (Å²) in [5, 5.41) is 33.0. The van der Waals surface area contributed by atoms with E-state index in [1.165, 1.54) is 154 Å². The van der Waals surface area contributed by atoms with Gasteiger partial charge in [-0.05, 0) is 32.1 Å². The van der Waals surface area contributed by atoms with Gasteiger partial charge in [0, 0.05) is 0 Å². The Hall–Kier alpha value is -1.17. The highest BCUT2D eigenvalue weighted by molar-refractivity contribution is 5.80. The molecular formula is C42H81NO4. The van der Waals surface area contributed by atoms with Crippen molar-refractivity contribution in [1.29, 1.82) is 0 Å². The number of rotatable bonds is 37. The molecule has 0 heterocycles. The van der Waals surface area contributed by atoms with E-state index in [1.807, 2.05) is 6.08 Å². The maximum Gasteiger partial charge on any atom is 0.249 e. The average molecular weight is 664 g/mol. The van der Waals surface area contributed by atoms with E-state index in [4.69, 9.17) is 0 Å². The third-order valence-corrected chi connectivity index (χ3v) is 9.54. The molecule has 5 heteroatoms. The zero-order chi connectivity index (χ0) is 34.5. The standard InChI is InChI=1S/C42H81NO4/c1-3-5-7-9-11-13-15-16-17-18-19-20-21-22-23-24-25-27-28-30-32-34-36-40(45)39(38-44)43-42(47)41(46)37-35-33-31-29-26-14-12-10-8-6-4-2/h27-28,34,36,39-41,44-46H,3-26,29-33,35,37-38H2,1-2H3,(H,43,47)/b28-27+,36-34+. The molecule has 0 aromatic carbocycles. The van der Waals surface area contributed by atoms with Crippen molar-refractivity contribution in [2.75, 3.05) is 6.61 Å². The molecule has 0 radical (unpaired) electrons. The van der Waals surface area contributed by atoms with Gasteiger partial charge in [-0.1, -0.05) is 205 Å². The smallest absolute Gasteiger partial charge is 0.249 e. The van der Waals surface area contributed by atoms with Crippen LogP contribution in [-0.4, -0.2) is 46.1 Å². The van der Waals surface area contributed by atoms with Gasteiger partial charge in [0.2, 0.25) is 5.91 Å². The Labute approximate surface area is 292 Å². The van der Waals surface area contributed by atoms with Gasteiger partial charge >= 0.3 is 0 Å². The van der Waals surface area contributed by atoms with Crippen molar-refractivity contribution in [3.8, 4) is 0 Å². The molecule has 0 aliphatic carbocycles. The number of carbonyl (C=O) groups is 1. The fourth-order valence-corrected chi connectivity index (χ4v) is 6.26. The van der Waals surface area contributed by atoms with Crippen molar-refractivity contribution < 1.29 is 20.1 Å². The van der Waals surface area contributed by atoms with Crippen molar-refractivity contribution in [3.05, 3.63) is 24.3 Å². The average Bonchev–Trinajstić information content (AvgIpc) is 3.07. The molecule has 0 aliphatic heterocycles. The van der Waals surface area contributed by atoms with E-state index in [1.54, 1.807) is 6.08 Å². The monoisotopic (exact) mass is 664 g/mol. The van der Waals surface area contributed by atoms with E-state index in [2.05, 4.69) is 31.3 Å². The molecule has 0 rings (SSSR count). The van der Waals surface area contributed by atoms with Crippen molar-refractivity contribution in [3.63, 3.8) is 0 Å². The first-order valence-electron chi connectivity index (χ1n) is 20.7. The molecule has 3 unspecified atom stereocenters. The highest BCUT2D eigenvalue weighted by Crippen LogP contribution is 2.15. The molecule has 5 nitrogen and oxygen atoms in total. The highest BCUT2D eigenvalue weighted by atomic mass is 16.3. The summed E-state index contributed by atoms with van der Waals surface area (Å²) in [6, 6.07) is -0.809. The molecule has 0 aliphatic rings. The lowest BCUT2D eigenvalue weighted by Crippen LogP contribution is -2.48. The number of hydrogen-bond donors (Lipinski definition) is 4. The summed E-state index contributed by atoms with van der Waals surface area (Å²) in [6.45, 7) is 4.16. The van der Waals surface area contributed by atoms with Crippen molar-refractivity contribution in [1.82, 2.24) is 5.32 Å². The largest absolute Gasteiger partial charge is 0.394 e. The molecule has 1 amide bonds. The van der Waals surface area contributed by atoms with Gasteiger partial charge in [-0.3, -0.25) is 4.79 Å². The Morgan fingerprint density at radius 3 is 1.30 bits per heavy atom. The Morgan fingerprint density at radius 2 is 0.872 bits per heavy atom. The summed E-state index contributed by atoms with van der Waals surface area (Å²) in [7, 11) is 0. The van der Waals surface area contributed by atoms with Crippen molar-refractivity contribution >= 4 is 5.91 Å². The number of aliphatic hydroxyl groups excluding tert-OH is 3. The van der Waals surface area contributed by atoms with Crippen LogP contribution in [0.25, 0.3) is 0 Å². The van der Waals surface area contributed by atoms with Crippen LogP contribution in [0.1, 0.15) is 213 Å². The number of carbonyl (C=O) groups excluding carboxylic acids is 1. The minimum Gasteiger partial charge on any atom is -0.394 e. The van der Waals surface area contributed by atoms with Crippen LogP contribution in [0.4, 0.5) is 0 Å². The maximum atomic E-state index is 12.4. The summed E-state index contributed by atoms with van der Waals surface area (Å²) in [4.78, 5) is 12.4. The van der Waals surface area contributed by atoms with Gasteiger partial charge in [0.25, 0.3) is 0 Å². The van der Waals surface area contributed by atoms with Crippen LogP contribution < -0.4 is 5.32 Å². The van der Waals surface area contributed by atoms with Crippen LogP contribution in [0.2, 0.25) is 0 Å². The maximum absolute atomic E-state index is 12.4. The number of hydrogen-bond acceptors (Lipinski definition) is 4. The van der Waals surface area contributed by atoms with E-state index in [0.717, 1.165) is 38.5 Å². The van der Waals surface area contributed by atoms with E-state index >= 15 is 0 Å². The fraction of sp³-hybridized carbons (Fsp3) is 0.881. The zero-order valence-corrected chi connectivity index (χ0v) is 31.4. The predicted octanol–water partition coefficient (Wildman–Crippen LogP) is 11.4. The Balaban J connectivity index is 3.70. The molecule has 0 fully saturated rings. The molecule has 0 saturated carbocycles. The Bertz CT molecular complexity index is 694. The quantitative estimate of drug-likeness (QED) is 0.0393. The van der Waals surface area contributed by atoms with E-state index in [9.17, 15) is 20.1 Å². The molecule has 47 heavy (non-hydrogen) atoms. The fourth-order valence-electron chi connectivity index (χ4n) is 6.26. The van der Waals surface area contributed by atoms with Gasteiger partial charge < -0.3 is 20.6 Å². The molecule has 0 saturated heterocycles. The third kappa shape index (κ3) is 33.1. The molecule has 3 atom stereocenters. The van der Waals surface area contributed by atoms with Crippen LogP contribution in [0.5, 0.6) is 0 Å². The lowest BCUT2D eigenvalue weighted by Gasteiger charge is -2.21. The first-order valence-corrected chi connectivity index (χ1v) is 20.7. The van der Waals surface area contributed by atoms with Crippen molar-refractivity contribution in [2.45, 2.75) is 231 Å². The summed E-state index contributed by atoms with van der Waals surface area (Å²) in [5.41, 5.74) is 0. The first kappa shape index (κ1) is 45.8. The summed E-state index contributed by atoms with van der Waals surface area (Å²) >= 11 is 0. The highest BCUT2D eigenvalue weighted by Gasteiger charge is 2.22. The molecular weight excluding hydrogens is 582 g/mol. The van der Waals surface area contributed by atoms with Gasteiger partial charge in [-0.15, -0.1) is 0 Å². The van der Waals surface area contributed by atoms with E-state index in [-0.39, 0.29) is 6.61 Å². The van der Waals surface area contributed by atoms with Crippen LogP contribution >= 0.6 is 0 Å². The Morgan fingerprint density at radius 1 is 0.511 bits per heavy atom. The second kappa shape index (κ2) is 37.6. The first-order chi connectivity index (χ1) is 23.1. The lowest BCUT2D eigenvalue weighted by atomic mass is 10.0. The van der Waals surface area contributed by atoms with Gasteiger partial charge in [0.1, 0.15) is 6.10 Å². The second-order valence-electron chi connectivity index (χ2n) is 14.2. The predicted molar refractivity (Wildman–Crippen MR) is 204 cm³/mol. The molecule has 0 spiro atoms. The van der Waals surface area contributed by atoms with Crippen molar-refractivity contribution in [2.24, 2.45) is 0 Å². The van der Waals surface area contributed by atoms with Gasteiger partial charge in [0.05, 0.1) is 18.8 Å². The van der Waals surface area contributed by atoms with Crippen LogP contribution in [0.3, 0.4) is 0 Å². The topological polar surface area (TPSA) is 89.8 Å². The molecule has 0 aromatic heterocycles. The minimum atomic E-state index is -1.10. The molecule has 278 valence electrons. The minimum absolute atomic E-state index is 0.373. The van der Waals surface area contributed by atoms with Gasteiger partial charge in [0.15, 0.2) is 0 Å².